The fraction of sp³-hybridized carbons (Fsp3) is 0.929. The van der Waals surface area contributed by atoms with Gasteiger partial charge in [0.2, 0.25) is 0 Å². The SMILES string of the molecule is CC1CCC(C(=O)N2CCN(C(C)(C)CN)CC2)O1. The Morgan fingerprint density at radius 3 is 2.37 bits per heavy atom. The zero-order valence-electron chi connectivity index (χ0n) is 12.4. The van der Waals surface area contributed by atoms with Crippen molar-refractivity contribution in [2.75, 3.05) is 32.7 Å². The molecule has 2 aliphatic rings. The zero-order chi connectivity index (χ0) is 14.0. The van der Waals surface area contributed by atoms with Gasteiger partial charge in [-0.1, -0.05) is 0 Å². The maximum atomic E-state index is 12.3. The van der Waals surface area contributed by atoms with Crippen LogP contribution in [0.4, 0.5) is 0 Å². The maximum Gasteiger partial charge on any atom is 0.251 e. The minimum atomic E-state index is -0.205. The minimum absolute atomic E-state index is 0.0213. The molecule has 0 aromatic rings. The Hall–Kier alpha value is -0.650. The van der Waals surface area contributed by atoms with Crippen molar-refractivity contribution < 1.29 is 9.53 Å². The van der Waals surface area contributed by atoms with Gasteiger partial charge in [-0.2, -0.15) is 0 Å². The predicted molar refractivity (Wildman–Crippen MR) is 74.9 cm³/mol. The van der Waals surface area contributed by atoms with E-state index in [-0.39, 0.29) is 23.7 Å². The van der Waals surface area contributed by atoms with Crippen LogP contribution >= 0.6 is 0 Å². The van der Waals surface area contributed by atoms with Crippen molar-refractivity contribution in [2.45, 2.75) is 51.4 Å². The van der Waals surface area contributed by atoms with Gasteiger partial charge in [0, 0.05) is 38.3 Å². The number of hydrogen-bond donors (Lipinski definition) is 1. The first-order valence-corrected chi connectivity index (χ1v) is 7.33. The summed E-state index contributed by atoms with van der Waals surface area (Å²) in [4.78, 5) is 16.6. The fourth-order valence-corrected chi connectivity index (χ4v) is 2.85. The molecular formula is C14H27N3O2. The van der Waals surface area contributed by atoms with Crippen molar-refractivity contribution in [1.29, 1.82) is 0 Å². The van der Waals surface area contributed by atoms with E-state index in [1.807, 2.05) is 11.8 Å². The molecule has 0 bridgehead atoms. The minimum Gasteiger partial charge on any atom is -0.365 e. The van der Waals surface area contributed by atoms with Crippen LogP contribution < -0.4 is 5.73 Å². The van der Waals surface area contributed by atoms with Gasteiger partial charge < -0.3 is 15.4 Å². The number of amides is 1. The molecule has 2 saturated heterocycles. The van der Waals surface area contributed by atoms with Crippen molar-refractivity contribution in [3.63, 3.8) is 0 Å². The van der Waals surface area contributed by atoms with Crippen molar-refractivity contribution in [1.82, 2.24) is 9.80 Å². The molecule has 2 fully saturated rings. The topological polar surface area (TPSA) is 58.8 Å². The lowest BCUT2D eigenvalue weighted by Crippen LogP contribution is -2.59. The van der Waals surface area contributed by atoms with Crippen molar-refractivity contribution in [3.8, 4) is 0 Å². The van der Waals surface area contributed by atoms with E-state index in [0.717, 1.165) is 39.0 Å². The zero-order valence-corrected chi connectivity index (χ0v) is 12.4. The molecule has 19 heavy (non-hydrogen) atoms. The molecule has 5 heteroatoms. The van der Waals surface area contributed by atoms with Crippen LogP contribution in [0.15, 0.2) is 0 Å². The highest BCUT2D eigenvalue weighted by atomic mass is 16.5. The molecule has 2 aliphatic heterocycles. The van der Waals surface area contributed by atoms with Crippen LogP contribution in [-0.2, 0) is 9.53 Å². The highest BCUT2D eigenvalue weighted by Crippen LogP contribution is 2.22. The molecule has 0 aromatic carbocycles. The number of hydrogen-bond acceptors (Lipinski definition) is 4. The first kappa shape index (κ1) is 14.8. The molecule has 2 atom stereocenters. The summed E-state index contributed by atoms with van der Waals surface area (Å²) in [6.07, 6.45) is 1.89. The molecule has 110 valence electrons. The summed E-state index contributed by atoms with van der Waals surface area (Å²) in [6.45, 7) is 10.4. The van der Waals surface area contributed by atoms with Gasteiger partial charge in [-0.25, -0.2) is 0 Å². The number of nitrogens with two attached hydrogens (primary N) is 1. The lowest BCUT2D eigenvalue weighted by Gasteiger charge is -2.43. The van der Waals surface area contributed by atoms with Crippen LogP contribution in [0, 0.1) is 0 Å². The summed E-state index contributed by atoms with van der Waals surface area (Å²) in [7, 11) is 0. The van der Waals surface area contributed by atoms with E-state index in [9.17, 15) is 4.79 Å². The molecule has 2 N–H and O–H groups in total. The van der Waals surface area contributed by atoms with Gasteiger partial charge in [0.1, 0.15) is 6.10 Å². The molecule has 0 saturated carbocycles. The summed E-state index contributed by atoms with van der Waals surface area (Å²) >= 11 is 0. The van der Waals surface area contributed by atoms with E-state index >= 15 is 0 Å². The molecule has 0 aromatic heterocycles. The molecule has 5 nitrogen and oxygen atoms in total. The summed E-state index contributed by atoms with van der Waals surface area (Å²) in [5, 5.41) is 0. The van der Waals surface area contributed by atoms with Crippen LogP contribution in [-0.4, -0.2) is 66.2 Å². The Labute approximate surface area is 116 Å². The second-order valence-electron chi connectivity index (χ2n) is 6.34. The Morgan fingerprint density at radius 1 is 1.26 bits per heavy atom. The summed E-state index contributed by atoms with van der Waals surface area (Å²) in [5.41, 5.74) is 5.83. The summed E-state index contributed by atoms with van der Waals surface area (Å²) < 4.78 is 5.67. The standard InChI is InChI=1S/C14H27N3O2/c1-11-4-5-12(19-11)13(18)16-6-8-17(9-7-16)14(2,3)10-15/h11-12H,4-10,15H2,1-3H3. The first-order valence-electron chi connectivity index (χ1n) is 7.33. The molecule has 2 heterocycles. The van der Waals surface area contributed by atoms with Crippen LogP contribution in [0.25, 0.3) is 0 Å². The number of rotatable bonds is 3. The van der Waals surface area contributed by atoms with Gasteiger partial charge in [-0.3, -0.25) is 9.69 Å². The Balaban J connectivity index is 1.85. The first-order chi connectivity index (χ1) is 8.94. The van der Waals surface area contributed by atoms with Crippen molar-refractivity contribution in [3.05, 3.63) is 0 Å². The number of piperazine rings is 1. The largest absolute Gasteiger partial charge is 0.365 e. The molecular weight excluding hydrogens is 242 g/mol. The Kier molecular flexibility index (Phi) is 4.48. The van der Waals surface area contributed by atoms with E-state index in [1.54, 1.807) is 0 Å². The smallest absolute Gasteiger partial charge is 0.251 e. The van der Waals surface area contributed by atoms with E-state index in [2.05, 4.69) is 18.7 Å². The highest BCUT2D eigenvalue weighted by Gasteiger charge is 2.35. The maximum absolute atomic E-state index is 12.3. The van der Waals surface area contributed by atoms with Crippen LogP contribution in [0.3, 0.4) is 0 Å². The van der Waals surface area contributed by atoms with E-state index in [1.165, 1.54) is 0 Å². The molecule has 0 radical (unpaired) electrons. The van der Waals surface area contributed by atoms with Crippen molar-refractivity contribution in [2.24, 2.45) is 5.73 Å². The fourth-order valence-electron chi connectivity index (χ4n) is 2.85. The monoisotopic (exact) mass is 269 g/mol. The lowest BCUT2D eigenvalue weighted by molar-refractivity contribution is -0.145. The molecule has 2 unspecified atom stereocenters. The third-order valence-electron chi connectivity index (χ3n) is 4.45. The van der Waals surface area contributed by atoms with Crippen molar-refractivity contribution >= 4 is 5.91 Å². The van der Waals surface area contributed by atoms with Gasteiger partial charge in [0.15, 0.2) is 0 Å². The van der Waals surface area contributed by atoms with E-state index in [4.69, 9.17) is 10.5 Å². The molecule has 0 spiro atoms. The molecule has 0 aliphatic carbocycles. The predicted octanol–water partition coefficient (Wildman–Crippen LogP) is 0.435. The number of nitrogens with zero attached hydrogens (tertiary/aromatic N) is 2. The molecule has 1 amide bonds. The number of carbonyl (C=O) groups is 1. The van der Waals surface area contributed by atoms with Gasteiger partial charge in [-0.15, -0.1) is 0 Å². The molecule has 2 rings (SSSR count). The Bertz CT molecular complexity index is 325. The highest BCUT2D eigenvalue weighted by molar-refractivity contribution is 5.81. The summed E-state index contributed by atoms with van der Waals surface area (Å²) in [6, 6.07) is 0. The van der Waals surface area contributed by atoms with E-state index in [0.29, 0.717) is 6.54 Å². The Morgan fingerprint density at radius 2 is 1.89 bits per heavy atom. The second kappa shape index (κ2) is 5.77. The third-order valence-corrected chi connectivity index (χ3v) is 4.45. The van der Waals surface area contributed by atoms with E-state index < -0.39 is 0 Å². The second-order valence-corrected chi connectivity index (χ2v) is 6.34. The number of carbonyl (C=O) groups excluding carboxylic acids is 1. The van der Waals surface area contributed by atoms with Gasteiger partial charge in [0.05, 0.1) is 6.10 Å². The quantitative estimate of drug-likeness (QED) is 0.807. The average Bonchev–Trinajstić information content (AvgIpc) is 2.85. The van der Waals surface area contributed by atoms with Crippen LogP contribution in [0.5, 0.6) is 0 Å². The van der Waals surface area contributed by atoms with Crippen LogP contribution in [0.2, 0.25) is 0 Å². The summed E-state index contributed by atoms with van der Waals surface area (Å²) in [5.74, 6) is 0.176. The van der Waals surface area contributed by atoms with Gasteiger partial charge in [-0.05, 0) is 33.6 Å². The normalized spacial score (nSPS) is 29.8. The average molecular weight is 269 g/mol. The lowest BCUT2D eigenvalue weighted by atomic mass is 10.0. The number of ether oxygens (including phenoxy) is 1. The van der Waals surface area contributed by atoms with Crippen LogP contribution in [0.1, 0.15) is 33.6 Å². The van der Waals surface area contributed by atoms with Gasteiger partial charge >= 0.3 is 0 Å². The van der Waals surface area contributed by atoms with Gasteiger partial charge in [0.25, 0.3) is 5.91 Å². The third kappa shape index (κ3) is 3.27.